The first-order valence-electron chi connectivity index (χ1n) is 11.5. The number of rotatable bonds is 11. The maximum Gasteiger partial charge on any atom is 0.328 e. The molecule has 3 rings (SSSR count). The Balaban J connectivity index is 1.59. The smallest absolute Gasteiger partial charge is 0.328 e. The Hall–Kier alpha value is -4.24. The molecule has 4 N–H and O–H groups in total. The van der Waals surface area contributed by atoms with Gasteiger partial charge in [0.15, 0.2) is 0 Å². The fraction of sp³-hybridized carbons (Fsp3) is 0.348. The summed E-state index contributed by atoms with van der Waals surface area (Å²) in [6.45, 7) is -0.294. The first-order chi connectivity index (χ1) is 18.0. The molecule has 2 unspecified atom stereocenters. The Kier molecular flexibility index (Phi) is 9.20. The average molecular weight is 550 g/mol. The second-order valence-corrected chi connectivity index (χ2v) is 10.2. The molecule has 0 radical (unpaired) electrons. The van der Waals surface area contributed by atoms with Crippen molar-refractivity contribution in [3.63, 3.8) is 0 Å². The van der Waals surface area contributed by atoms with E-state index in [0.717, 1.165) is 34.1 Å². The molecule has 2 atom stereocenters. The number of carbonyl (C=O) groups is 3. The van der Waals surface area contributed by atoms with Gasteiger partial charge in [0.25, 0.3) is 5.69 Å². The largest absolute Gasteiger partial charge is 0.497 e. The van der Waals surface area contributed by atoms with Gasteiger partial charge in [0.2, 0.25) is 15.9 Å². The first-order valence-corrected chi connectivity index (χ1v) is 12.9. The highest BCUT2D eigenvalue weighted by molar-refractivity contribution is 7.89. The van der Waals surface area contributed by atoms with Crippen molar-refractivity contribution >= 4 is 33.6 Å². The number of urea groups is 1. The van der Waals surface area contributed by atoms with Crippen molar-refractivity contribution in [1.29, 1.82) is 0 Å². The number of hydrogen-bond acceptors (Lipinski definition) is 8. The normalized spacial score (nSPS) is 16.3. The highest BCUT2D eigenvalue weighted by atomic mass is 32.2. The van der Waals surface area contributed by atoms with Crippen molar-refractivity contribution in [3.8, 4) is 5.75 Å². The zero-order valence-corrected chi connectivity index (χ0v) is 21.1. The molecule has 0 aliphatic carbocycles. The maximum atomic E-state index is 13.1. The van der Waals surface area contributed by atoms with Gasteiger partial charge in [0.05, 0.1) is 23.5 Å². The quantitative estimate of drug-likeness (QED) is 0.232. The number of benzene rings is 2. The molecule has 1 aliphatic rings. The van der Waals surface area contributed by atoms with E-state index in [0.29, 0.717) is 12.2 Å². The molecule has 0 aromatic heterocycles. The van der Waals surface area contributed by atoms with E-state index in [4.69, 9.17) is 4.74 Å². The Labute approximate surface area is 218 Å². The Morgan fingerprint density at radius 2 is 1.89 bits per heavy atom. The molecule has 0 saturated carbocycles. The lowest BCUT2D eigenvalue weighted by Gasteiger charge is -2.25. The molecule has 2 aromatic carbocycles. The number of nitro groups is 1. The number of carboxylic acids is 1. The fourth-order valence-corrected chi connectivity index (χ4v) is 5.51. The molecule has 1 aliphatic heterocycles. The lowest BCUT2D eigenvalue weighted by molar-refractivity contribution is -0.384. The van der Waals surface area contributed by atoms with Crippen LogP contribution in [-0.4, -0.2) is 72.9 Å². The van der Waals surface area contributed by atoms with Gasteiger partial charge in [-0.05, 0) is 42.7 Å². The topological polar surface area (TPSA) is 197 Å². The number of nitro benzene ring substituents is 1. The van der Waals surface area contributed by atoms with E-state index >= 15 is 0 Å². The van der Waals surface area contributed by atoms with Gasteiger partial charge in [0, 0.05) is 25.2 Å². The highest BCUT2D eigenvalue weighted by Crippen LogP contribution is 2.27. The number of carboxylic acid groups (broad SMARTS) is 1. The summed E-state index contributed by atoms with van der Waals surface area (Å²) in [6, 6.07) is 7.85. The predicted octanol–water partition coefficient (Wildman–Crippen LogP) is 0.825. The van der Waals surface area contributed by atoms with E-state index in [1.165, 1.54) is 7.11 Å². The summed E-state index contributed by atoms with van der Waals surface area (Å²) in [6.07, 6.45) is 0.506. The zero-order valence-electron chi connectivity index (χ0n) is 20.3. The van der Waals surface area contributed by atoms with E-state index in [2.05, 4.69) is 16.0 Å². The van der Waals surface area contributed by atoms with Gasteiger partial charge in [-0.15, -0.1) is 0 Å². The van der Waals surface area contributed by atoms with Crippen molar-refractivity contribution < 1.29 is 37.6 Å². The molecule has 15 heteroatoms. The third kappa shape index (κ3) is 6.95. The molecule has 1 fully saturated rings. The molecule has 0 spiro atoms. The van der Waals surface area contributed by atoms with Crippen LogP contribution < -0.4 is 20.7 Å². The minimum Gasteiger partial charge on any atom is -0.497 e. The Morgan fingerprint density at radius 1 is 1.18 bits per heavy atom. The zero-order chi connectivity index (χ0) is 27.9. The van der Waals surface area contributed by atoms with Gasteiger partial charge in [0.1, 0.15) is 17.8 Å². The summed E-state index contributed by atoms with van der Waals surface area (Å²) in [5.41, 5.74) is 0.460. The number of ether oxygens (including phenoxy) is 1. The van der Waals surface area contributed by atoms with Crippen LogP contribution in [-0.2, 0) is 26.2 Å². The van der Waals surface area contributed by atoms with Crippen LogP contribution in [0.5, 0.6) is 5.75 Å². The number of sulfonamides is 1. The van der Waals surface area contributed by atoms with Crippen LogP contribution in [0.2, 0.25) is 0 Å². The lowest BCUT2D eigenvalue weighted by Crippen LogP contribution is -2.54. The molecular formula is C23H27N5O9S. The number of carbonyl (C=O) groups excluding carboxylic acids is 2. The first kappa shape index (κ1) is 28.3. The monoisotopic (exact) mass is 549 g/mol. The highest BCUT2D eigenvalue weighted by Gasteiger charge is 2.40. The van der Waals surface area contributed by atoms with Crippen LogP contribution >= 0.6 is 0 Å². The van der Waals surface area contributed by atoms with Crippen molar-refractivity contribution in [3.05, 3.63) is 64.2 Å². The molecule has 3 amide bonds. The van der Waals surface area contributed by atoms with Gasteiger partial charge in [-0.25, -0.2) is 18.0 Å². The van der Waals surface area contributed by atoms with E-state index < -0.39 is 51.5 Å². The Bertz CT molecular complexity index is 1300. The van der Waals surface area contributed by atoms with Crippen LogP contribution in [0.4, 0.5) is 10.5 Å². The van der Waals surface area contributed by atoms with E-state index in [1.807, 2.05) is 0 Å². The van der Waals surface area contributed by atoms with Gasteiger partial charge >= 0.3 is 12.0 Å². The number of nitrogens with zero attached hydrogens (tertiary/aromatic N) is 2. The van der Waals surface area contributed by atoms with E-state index in [9.17, 15) is 38.0 Å². The third-order valence-corrected chi connectivity index (χ3v) is 7.75. The Morgan fingerprint density at radius 3 is 2.53 bits per heavy atom. The van der Waals surface area contributed by atoms with Crippen molar-refractivity contribution in [2.45, 2.75) is 36.4 Å². The van der Waals surface area contributed by atoms with Crippen LogP contribution in [0.3, 0.4) is 0 Å². The summed E-state index contributed by atoms with van der Waals surface area (Å²) in [4.78, 5) is 46.7. The molecule has 1 saturated heterocycles. The molecule has 0 bridgehead atoms. The minimum atomic E-state index is -4.18. The maximum absolute atomic E-state index is 13.1. The summed E-state index contributed by atoms with van der Waals surface area (Å²) < 4.78 is 32.2. The molecule has 1 heterocycles. The van der Waals surface area contributed by atoms with Gasteiger partial charge in [-0.2, -0.15) is 4.31 Å². The second-order valence-electron chi connectivity index (χ2n) is 8.34. The number of amides is 3. The molecular weight excluding hydrogens is 522 g/mol. The summed E-state index contributed by atoms with van der Waals surface area (Å²) in [5.74, 6) is -1.65. The van der Waals surface area contributed by atoms with Gasteiger partial charge < -0.3 is 25.8 Å². The van der Waals surface area contributed by atoms with Crippen molar-refractivity contribution in [2.24, 2.45) is 0 Å². The molecule has 14 nitrogen and oxygen atoms in total. The SMILES string of the molecule is COc1cccc(CNC(=O)NCC(NC(=O)C2CCCN2S(=O)(=O)c2ccc([N+](=O)[O-])cc2)C(=O)O)c1. The molecule has 38 heavy (non-hydrogen) atoms. The second kappa shape index (κ2) is 12.3. The third-order valence-electron chi connectivity index (χ3n) is 5.83. The van der Waals surface area contributed by atoms with E-state index in [-0.39, 0.29) is 30.1 Å². The van der Waals surface area contributed by atoms with Crippen molar-refractivity contribution in [1.82, 2.24) is 20.3 Å². The summed E-state index contributed by atoms with van der Waals surface area (Å²) in [5, 5.41) is 27.6. The van der Waals surface area contributed by atoms with E-state index in [1.54, 1.807) is 24.3 Å². The van der Waals surface area contributed by atoms with Crippen LogP contribution in [0.1, 0.15) is 18.4 Å². The van der Waals surface area contributed by atoms with Crippen molar-refractivity contribution in [2.75, 3.05) is 20.2 Å². The number of methoxy groups -OCH3 is 1. The summed E-state index contributed by atoms with van der Waals surface area (Å²) >= 11 is 0. The molecule has 204 valence electrons. The summed E-state index contributed by atoms with van der Waals surface area (Å²) in [7, 11) is -2.67. The molecule has 2 aromatic rings. The van der Waals surface area contributed by atoms with Crippen LogP contribution in [0.25, 0.3) is 0 Å². The number of nitrogens with one attached hydrogen (secondary N) is 3. The predicted molar refractivity (Wildman–Crippen MR) is 133 cm³/mol. The number of non-ortho nitro benzene ring substituents is 1. The number of aliphatic carboxylic acids is 1. The minimum absolute atomic E-state index is 0.0140. The lowest BCUT2D eigenvalue weighted by atomic mass is 10.2. The van der Waals surface area contributed by atoms with Crippen LogP contribution in [0.15, 0.2) is 53.4 Å². The number of hydrogen-bond donors (Lipinski definition) is 4. The fourth-order valence-electron chi connectivity index (χ4n) is 3.86. The van der Waals surface area contributed by atoms with Gasteiger partial charge in [-0.1, -0.05) is 12.1 Å². The average Bonchev–Trinajstić information content (AvgIpc) is 3.41. The van der Waals surface area contributed by atoms with Gasteiger partial charge in [-0.3, -0.25) is 14.9 Å². The van der Waals surface area contributed by atoms with Crippen LogP contribution in [0, 0.1) is 10.1 Å². The standard InChI is InChI=1S/C23H27N5O9S/c1-37-17-5-2-4-15(12-17)13-24-23(32)25-14-19(22(30)31)26-21(29)20-6-3-11-27(20)38(35,36)18-9-7-16(8-10-18)28(33)34/h2,4-5,7-10,12,19-20H,3,6,11,13-14H2,1H3,(H,26,29)(H,30,31)(H2,24,25,32).